The maximum Gasteiger partial charge on any atom is 0.339 e. The average Bonchev–Trinajstić information content (AvgIpc) is 3.12. The Kier molecular flexibility index (Phi) is 6.75. The van der Waals surface area contributed by atoms with Gasteiger partial charge >= 0.3 is 6.03 Å². The lowest BCUT2D eigenvalue weighted by Gasteiger charge is -2.35. The van der Waals surface area contributed by atoms with Crippen LogP contribution < -0.4 is 11.1 Å². The van der Waals surface area contributed by atoms with Crippen LogP contribution in [0.1, 0.15) is 42.9 Å². The highest BCUT2D eigenvalue weighted by atomic mass is 32.2. The normalized spacial score (nSPS) is 18.8. The molecule has 0 bridgehead atoms. The van der Waals surface area contributed by atoms with Crippen LogP contribution >= 0.6 is 11.8 Å². The van der Waals surface area contributed by atoms with Crippen molar-refractivity contribution in [2.24, 2.45) is 10.8 Å². The molecule has 3 rings (SSSR count). The fourth-order valence-corrected chi connectivity index (χ4v) is 4.73. The van der Waals surface area contributed by atoms with Crippen molar-refractivity contribution in [2.75, 3.05) is 13.1 Å². The van der Waals surface area contributed by atoms with E-state index in [0.717, 1.165) is 35.4 Å². The summed E-state index contributed by atoms with van der Waals surface area (Å²) in [6.07, 6.45) is 2.41. The van der Waals surface area contributed by atoms with E-state index in [1.54, 1.807) is 16.8 Å². The van der Waals surface area contributed by atoms with Gasteiger partial charge in [-0.2, -0.15) is 10.1 Å². The largest absolute Gasteiger partial charge is 0.339 e. The fourth-order valence-electron chi connectivity index (χ4n) is 3.33. The van der Waals surface area contributed by atoms with Crippen LogP contribution in [0.2, 0.25) is 0 Å². The molecule has 28 heavy (non-hydrogen) atoms. The number of nitrogens with zero attached hydrogens (tertiary/aromatic N) is 2. The second kappa shape index (κ2) is 9.26. The number of benzene rings is 2. The van der Waals surface area contributed by atoms with Gasteiger partial charge in [0.2, 0.25) is 0 Å². The topological polar surface area (TPSA) is 70.7 Å². The summed E-state index contributed by atoms with van der Waals surface area (Å²) in [5, 5.41) is 10.3. The highest BCUT2D eigenvalue weighted by Gasteiger charge is 2.48. The number of hydrogen-bond donors (Lipinski definition) is 2. The van der Waals surface area contributed by atoms with E-state index in [2.05, 4.69) is 36.5 Å². The van der Waals surface area contributed by atoms with Crippen LogP contribution in [0.5, 0.6) is 0 Å². The van der Waals surface area contributed by atoms with Crippen LogP contribution in [0.4, 0.5) is 4.79 Å². The minimum atomic E-state index is -0.600. The number of rotatable bonds is 7. The summed E-state index contributed by atoms with van der Waals surface area (Å²) >= 11 is 1.64. The summed E-state index contributed by atoms with van der Waals surface area (Å²) < 4.78 is 0. The van der Waals surface area contributed by atoms with E-state index in [-0.39, 0.29) is 6.03 Å². The van der Waals surface area contributed by atoms with Crippen molar-refractivity contribution in [3.05, 3.63) is 71.3 Å². The first-order chi connectivity index (χ1) is 13.6. The van der Waals surface area contributed by atoms with Gasteiger partial charge in [-0.15, -0.1) is 0 Å². The van der Waals surface area contributed by atoms with Gasteiger partial charge in [0.25, 0.3) is 0 Å². The van der Waals surface area contributed by atoms with Gasteiger partial charge in [0, 0.05) is 12.1 Å². The molecule has 1 heterocycles. The Bertz CT molecular complexity index is 839. The second-order valence-corrected chi connectivity index (χ2v) is 8.23. The molecule has 1 aliphatic rings. The summed E-state index contributed by atoms with van der Waals surface area (Å²) in [7, 11) is 0. The summed E-state index contributed by atoms with van der Waals surface area (Å²) in [6.45, 7) is 5.30. The van der Waals surface area contributed by atoms with Crippen molar-refractivity contribution in [3.63, 3.8) is 0 Å². The molecule has 0 aromatic heterocycles. The van der Waals surface area contributed by atoms with Crippen LogP contribution in [0.25, 0.3) is 0 Å². The molecule has 1 aliphatic heterocycles. The van der Waals surface area contributed by atoms with Gasteiger partial charge in [0.15, 0.2) is 0 Å². The Morgan fingerprint density at radius 2 is 2.00 bits per heavy atom. The molecule has 148 valence electrons. The predicted molar refractivity (Wildman–Crippen MR) is 117 cm³/mol. The Morgan fingerprint density at radius 1 is 1.21 bits per heavy atom. The van der Waals surface area contributed by atoms with E-state index in [9.17, 15) is 4.79 Å². The summed E-state index contributed by atoms with van der Waals surface area (Å²) in [5.74, 6) is 0. The zero-order valence-corrected chi connectivity index (χ0v) is 17.3. The molecule has 1 atom stereocenters. The molecule has 0 aliphatic carbocycles. The van der Waals surface area contributed by atoms with Gasteiger partial charge in [-0.25, -0.2) is 4.79 Å². The van der Waals surface area contributed by atoms with E-state index in [1.165, 1.54) is 5.56 Å². The van der Waals surface area contributed by atoms with Crippen molar-refractivity contribution >= 4 is 22.8 Å². The molecule has 1 unspecified atom stereocenters. The number of hydrazone groups is 1. The Morgan fingerprint density at radius 3 is 2.68 bits per heavy atom. The Labute approximate surface area is 171 Å². The number of urea groups is 1. The first-order valence-electron chi connectivity index (χ1n) is 9.79. The maximum atomic E-state index is 13.1. The minimum Gasteiger partial charge on any atom is -0.336 e. The zero-order chi connectivity index (χ0) is 20.0. The third-order valence-electron chi connectivity index (χ3n) is 4.73. The highest BCUT2D eigenvalue weighted by Crippen LogP contribution is 2.50. The highest BCUT2D eigenvalue weighted by molar-refractivity contribution is 8.15. The molecule has 5 nitrogen and oxygen atoms in total. The van der Waals surface area contributed by atoms with Gasteiger partial charge in [-0.05, 0) is 44.4 Å². The number of aryl methyl sites for hydroxylation is 1. The lowest BCUT2D eigenvalue weighted by molar-refractivity contribution is 0.162. The first-order valence-corrected chi connectivity index (χ1v) is 10.6. The zero-order valence-electron chi connectivity index (χ0n) is 16.5. The number of nitrogens with one attached hydrogen (secondary N) is 1. The molecule has 0 saturated carbocycles. The van der Waals surface area contributed by atoms with E-state index in [4.69, 9.17) is 10.8 Å². The van der Waals surface area contributed by atoms with E-state index < -0.39 is 4.87 Å². The molecule has 2 amide bonds. The molecule has 0 spiro atoms. The third-order valence-corrected chi connectivity index (χ3v) is 6.19. The molecule has 2 aromatic carbocycles. The monoisotopic (exact) mass is 396 g/mol. The summed E-state index contributed by atoms with van der Waals surface area (Å²) in [6, 6.07) is 18.2. The molecular weight excluding hydrogens is 368 g/mol. The number of carbonyl (C=O) groups is 1. The number of hydrogen-bond acceptors (Lipinski definition) is 4. The molecule has 0 fully saturated rings. The van der Waals surface area contributed by atoms with Crippen molar-refractivity contribution < 1.29 is 4.79 Å². The minimum absolute atomic E-state index is 0.169. The average molecular weight is 397 g/mol. The summed E-state index contributed by atoms with van der Waals surface area (Å²) in [5.41, 5.74) is 9.11. The predicted octanol–water partition coefficient (Wildman–Crippen LogP) is 4.42. The van der Waals surface area contributed by atoms with E-state index in [1.807, 2.05) is 37.3 Å². The Hall–Kier alpha value is -2.31. The van der Waals surface area contributed by atoms with Crippen molar-refractivity contribution in [1.29, 1.82) is 0 Å². The van der Waals surface area contributed by atoms with Gasteiger partial charge < -0.3 is 11.1 Å². The number of amides is 2. The fraction of sp³-hybridized carbons (Fsp3) is 0.364. The molecule has 0 radical (unpaired) electrons. The second-order valence-electron chi connectivity index (χ2n) is 6.96. The van der Waals surface area contributed by atoms with Crippen molar-refractivity contribution in [2.45, 2.75) is 38.0 Å². The summed E-state index contributed by atoms with van der Waals surface area (Å²) in [4.78, 5) is 12.5. The van der Waals surface area contributed by atoms with E-state index in [0.29, 0.717) is 13.1 Å². The van der Waals surface area contributed by atoms with Gasteiger partial charge in [0.1, 0.15) is 9.91 Å². The number of thioether (sulfide) groups is 1. The van der Waals surface area contributed by atoms with Crippen LogP contribution in [-0.2, 0) is 4.87 Å². The molecule has 6 heteroatoms. The Balaban J connectivity index is 2.06. The molecule has 2 aromatic rings. The SMILES string of the molecule is CCCNC(=O)N1N=C(c2cccc(C)c2)SC1(CCCN)c1ccccc1. The lowest BCUT2D eigenvalue weighted by Crippen LogP contribution is -2.46. The molecule has 3 N–H and O–H groups in total. The van der Waals surface area contributed by atoms with Gasteiger partial charge in [-0.3, -0.25) is 0 Å². The van der Waals surface area contributed by atoms with Crippen LogP contribution in [0, 0.1) is 6.92 Å². The number of nitrogens with two attached hydrogens (primary N) is 1. The van der Waals surface area contributed by atoms with Gasteiger partial charge in [0.05, 0.1) is 0 Å². The lowest BCUT2D eigenvalue weighted by atomic mass is 10.0. The van der Waals surface area contributed by atoms with Gasteiger partial charge in [-0.1, -0.05) is 72.8 Å². The quantitative estimate of drug-likeness (QED) is 0.728. The first kappa shape index (κ1) is 20.4. The third kappa shape index (κ3) is 4.23. The van der Waals surface area contributed by atoms with E-state index >= 15 is 0 Å². The molecular formula is C22H28N4OS. The van der Waals surface area contributed by atoms with Crippen LogP contribution in [0.3, 0.4) is 0 Å². The van der Waals surface area contributed by atoms with Crippen LogP contribution in [0.15, 0.2) is 59.7 Å². The molecule has 0 saturated heterocycles. The smallest absolute Gasteiger partial charge is 0.336 e. The van der Waals surface area contributed by atoms with Crippen molar-refractivity contribution in [3.8, 4) is 0 Å². The van der Waals surface area contributed by atoms with Crippen LogP contribution in [-0.4, -0.2) is 29.2 Å². The maximum absolute atomic E-state index is 13.1. The van der Waals surface area contributed by atoms with Crippen molar-refractivity contribution in [1.82, 2.24) is 10.3 Å². The standard InChI is InChI=1S/C22H28N4OS/c1-3-15-24-21(27)26-22(13-8-14-23,19-11-5-4-6-12-19)28-20(25-26)18-10-7-9-17(2)16-18/h4-7,9-12,16H,3,8,13-15,23H2,1-2H3,(H,24,27). The number of carbonyl (C=O) groups excluding carboxylic acids is 1.